The van der Waals surface area contributed by atoms with Crippen molar-refractivity contribution in [2.24, 2.45) is 0 Å². The zero-order valence-electron chi connectivity index (χ0n) is 11.6. The van der Waals surface area contributed by atoms with E-state index in [4.69, 9.17) is 5.26 Å². The van der Waals surface area contributed by atoms with E-state index in [9.17, 15) is 9.59 Å². The minimum absolute atomic E-state index is 0.114. The van der Waals surface area contributed by atoms with Crippen molar-refractivity contribution in [1.29, 1.82) is 5.26 Å². The minimum Gasteiger partial charge on any atom is -0.465 e. The van der Waals surface area contributed by atoms with Crippen molar-refractivity contribution in [2.45, 2.75) is 0 Å². The number of anilines is 2. The number of carbonyl (C=O) groups excluding carboxylic acids is 2. The molecule has 0 atom stereocenters. The van der Waals surface area contributed by atoms with Crippen molar-refractivity contribution in [3.05, 3.63) is 47.7 Å². The molecule has 0 saturated carbocycles. The van der Waals surface area contributed by atoms with Crippen LogP contribution in [0.2, 0.25) is 0 Å². The summed E-state index contributed by atoms with van der Waals surface area (Å²) in [6.07, 6.45) is 0. The van der Waals surface area contributed by atoms with Gasteiger partial charge in [0.25, 0.3) is 5.91 Å². The Bertz CT molecular complexity index is 878. The Labute approximate surface area is 126 Å². The molecule has 0 aliphatic carbocycles. The molecule has 108 valence electrons. The fourth-order valence-corrected chi connectivity index (χ4v) is 2.31. The number of methoxy groups -OCH3 is 1. The molecule has 1 aliphatic heterocycles. The average molecular weight is 293 g/mol. The molecule has 1 aliphatic rings. The van der Waals surface area contributed by atoms with Gasteiger partial charge in [-0.2, -0.15) is 5.26 Å². The van der Waals surface area contributed by atoms with Gasteiger partial charge in [-0.3, -0.25) is 4.79 Å². The Morgan fingerprint density at radius 3 is 2.27 bits per heavy atom. The van der Waals surface area contributed by atoms with Crippen LogP contribution in [-0.2, 0) is 14.3 Å². The van der Waals surface area contributed by atoms with Gasteiger partial charge < -0.3 is 15.4 Å². The molecule has 1 amide bonds. The summed E-state index contributed by atoms with van der Waals surface area (Å²) in [5.74, 6) is -1.41. The maximum Gasteiger partial charge on any atom is 0.350 e. The fraction of sp³-hybridized carbons (Fsp3) is 0.0625. The highest BCUT2D eigenvalue weighted by Crippen LogP contribution is 2.33. The third-order valence-corrected chi connectivity index (χ3v) is 3.37. The molecule has 0 radical (unpaired) electrons. The zero-order valence-corrected chi connectivity index (χ0v) is 11.6. The summed E-state index contributed by atoms with van der Waals surface area (Å²) in [7, 11) is 1.16. The van der Waals surface area contributed by atoms with Crippen molar-refractivity contribution in [1.82, 2.24) is 0 Å². The lowest BCUT2D eigenvalue weighted by molar-refractivity contribution is -0.135. The SMILES string of the molecule is COC(=O)/C(C#N)=C1\Nc2cc3ccccc3cc2NC1=O. The number of nitrogens with one attached hydrogen (secondary N) is 2. The van der Waals surface area contributed by atoms with Gasteiger partial charge in [0.15, 0.2) is 5.57 Å². The van der Waals surface area contributed by atoms with Gasteiger partial charge in [-0.15, -0.1) is 0 Å². The predicted octanol–water partition coefficient (Wildman–Crippen LogP) is 2.15. The maximum atomic E-state index is 12.1. The van der Waals surface area contributed by atoms with E-state index in [0.29, 0.717) is 11.4 Å². The zero-order chi connectivity index (χ0) is 15.7. The van der Waals surface area contributed by atoms with Crippen LogP contribution in [-0.4, -0.2) is 19.0 Å². The molecule has 2 N–H and O–H groups in total. The number of carbonyl (C=O) groups is 2. The summed E-state index contributed by atoms with van der Waals surface area (Å²) in [5.41, 5.74) is 0.732. The molecule has 1 heterocycles. The predicted molar refractivity (Wildman–Crippen MR) is 80.9 cm³/mol. The molecule has 0 spiro atoms. The Kier molecular flexibility index (Phi) is 3.24. The molecule has 2 aromatic carbocycles. The molecule has 0 bridgehead atoms. The molecule has 0 unspecified atom stereocenters. The topological polar surface area (TPSA) is 91.2 Å². The van der Waals surface area contributed by atoms with E-state index in [0.717, 1.165) is 17.9 Å². The van der Waals surface area contributed by atoms with Crippen LogP contribution in [0.25, 0.3) is 10.8 Å². The fourth-order valence-electron chi connectivity index (χ4n) is 2.31. The quantitative estimate of drug-likeness (QED) is 0.477. The lowest BCUT2D eigenvalue weighted by Gasteiger charge is -2.22. The van der Waals surface area contributed by atoms with Crippen LogP contribution in [0.5, 0.6) is 0 Å². The molecule has 6 heteroatoms. The summed E-state index contributed by atoms with van der Waals surface area (Å²) in [5, 5.41) is 16.6. The molecular formula is C16H11N3O3. The summed E-state index contributed by atoms with van der Waals surface area (Å²) < 4.78 is 4.52. The van der Waals surface area contributed by atoms with Crippen molar-refractivity contribution < 1.29 is 14.3 Å². The first-order chi connectivity index (χ1) is 10.6. The van der Waals surface area contributed by atoms with E-state index in [2.05, 4.69) is 15.4 Å². The molecule has 0 saturated heterocycles. The summed E-state index contributed by atoms with van der Waals surface area (Å²) in [6.45, 7) is 0. The van der Waals surface area contributed by atoms with E-state index >= 15 is 0 Å². The Balaban J connectivity index is 2.14. The normalized spacial score (nSPS) is 15.2. The van der Waals surface area contributed by atoms with Crippen molar-refractivity contribution in [3.63, 3.8) is 0 Å². The molecule has 2 aromatic rings. The van der Waals surface area contributed by atoms with Crippen molar-refractivity contribution in [2.75, 3.05) is 17.7 Å². The summed E-state index contributed by atoms with van der Waals surface area (Å²) in [4.78, 5) is 23.7. The molecule has 0 aromatic heterocycles. The number of nitrogens with zero attached hydrogens (tertiary/aromatic N) is 1. The second-order valence-corrected chi connectivity index (χ2v) is 4.68. The molecule has 6 nitrogen and oxygen atoms in total. The highest BCUT2D eigenvalue weighted by molar-refractivity contribution is 6.17. The number of nitriles is 1. The largest absolute Gasteiger partial charge is 0.465 e. The van der Waals surface area contributed by atoms with Gasteiger partial charge in [0, 0.05) is 0 Å². The minimum atomic E-state index is -0.857. The van der Waals surface area contributed by atoms with Gasteiger partial charge >= 0.3 is 5.97 Å². The van der Waals surface area contributed by atoms with Gasteiger partial charge in [0.05, 0.1) is 18.5 Å². The van der Waals surface area contributed by atoms with Crippen LogP contribution in [0.15, 0.2) is 47.7 Å². The van der Waals surface area contributed by atoms with E-state index in [-0.39, 0.29) is 11.3 Å². The van der Waals surface area contributed by atoms with Crippen LogP contribution in [0, 0.1) is 11.3 Å². The number of benzene rings is 2. The first-order valence-electron chi connectivity index (χ1n) is 6.48. The maximum absolute atomic E-state index is 12.1. The number of esters is 1. The second-order valence-electron chi connectivity index (χ2n) is 4.68. The first kappa shape index (κ1) is 13.6. The Morgan fingerprint density at radius 1 is 1.14 bits per heavy atom. The van der Waals surface area contributed by atoms with Crippen LogP contribution < -0.4 is 10.6 Å². The van der Waals surface area contributed by atoms with Gasteiger partial charge in [-0.05, 0) is 22.9 Å². The lowest BCUT2D eigenvalue weighted by Crippen LogP contribution is -2.28. The van der Waals surface area contributed by atoms with Gasteiger partial charge in [-0.1, -0.05) is 24.3 Å². The average Bonchev–Trinajstić information content (AvgIpc) is 2.54. The van der Waals surface area contributed by atoms with Crippen molar-refractivity contribution in [3.8, 4) is 6.07 Å². The number of ether oxygens (including phenoxy) is 1. The first-order valence-corrected chi connectivity index (χ1v) is 6.48. The van der Waals surface area contributed by atoms with Gasteiger partial charge in [0.2, 0.25) is 0 Å². The lowest BCUT2D eigenvalue weighted by atomic mass is 10.1. The summed E-state index contributed by atoms with van der Waals surface area (Å²) >= 11 is 0. The number of rotatable bonds is 1. The van der Waals surface area contributed by atoms with Crippen molar-refractivity contribution >= 4 is 34.0 Å². The number of fused-ring (bicyclic) bond motifs is 2. The van der Waals surface area contributed by atoms with Crippen LogP contribution >= 0.6 is 0 Å². The van der Waals surface area contributed by atoms with Crippen LogP contribution in [0.4, 0.5) is 11.4 Å². The molecule has 22 heavy (non-hydrogen) atoms. The van der Waals surface area contributed by atoms with Gasteiger partial charge in [-0.25, -0.2) is 4.79 Å². The standard InChI is InChI=1S/C16H11N3O3/c1-22-16(21)11(8-17)14-15(20)19-13-7-10-5-3-2-4-9(10)6-12(13)18-14/h2-7,18H,1H3,(H,19,20)/b14-11-. The van der Waals surface area contributed by atoms with E-state index < -0.39 is 11.9 Å². The number of hydrogen-bond donors (Lipinski definition) is 2. The number of hydrogen-bond acceptors (Lipinski definition) is 5. The van der Waals surface area contributed by atoms with Gasteiger partial charge in [0.1, 0.15) is 11.8 Å². The molecule has 3 rings (SSSR count). The molecular weight excluding hydrogens is 282 g/mol. The van der Waals surface area contributed by atoms with Crippen LogP contribution in [0.3, 0.4) is 0 Å². The summed E-state index contributed by atoms with van der Waals surface area (Å²) in [6, 6.07) is 13.1. The van der Waals surface area contributed by atoms with Crippen LogP contribution in [0.1, 0.15) is 0 Å². The highest BCUT2D eigenvalue weighted by atomic mass is 16.5. The molecule has 0 fully saturated rings. The smallest absolute Gasteiger partial charge is 0.350 e. The third kappa shape index (κ3) is 2.15. The highest BCUT2D eigenvalue weighted by Gasteiger charge is 2.27. The monoisotopic (exact) mass is 293 g/mol. The van der Waals surface area contributed by atoms with E-state index in [1.807, 2.05) is 36.4 Å². The third-order valence-electron chi connectivity index (χ3n) is 3.37. The Morgan fingerprint density at radius 2 is 1.73 bits per heavy atom. The number of amides is 1. The van der Waals surface area contributed by atoms with E-state index in [1.165, 1.54) is 0 Å². The second kappa shape index (κ2) is 5.22. The van der Waals surface area contributed by atoms with E-state index in [1.54, 1.807) is 6.07 Å². The Hall–Kier alpha value is -3.33.